The van der Waals surface area contributed by atoms with Crippen LogP contribution < -0.4 is 5.48 Å². The smallest absolute Gasteiger partial charge is 0.0636 e. The van der Waals surface area contributed by atoms with Gasteiger partial charge in [-0.3, -0.25) is 15.2 Å². The second-order valence-electron chi connectivity index (χ2n) is 6.47. The summed E-state index contributed by atoms with van der Waals surface area (Å²) in [5.41, 5.74) is 7.02. The van der Waals surface area contributed by atoms with Gasteiger partial charge in [-0.15, -0.1) is 0 Å². The molecule has 0 saturated carbocycles. The molecule has 1 N–H and O–H groups in total. The predicted molar refractivity (Wildman–Crippen MR) is 95.9 cm³/mol. The van der Waals surface area contributed by atoms with Crippen molar-refractivity contribution < 1.29 is 4.84 Å². The summed E-state index contributed by atoms with van der Waals surface area (Å²) in [5.74, 6) is 0.371. The maximum absolute atomic E-state index is 6.27. The summed E-state index contributed by atoms with van der Waals surface area (Å²) >= 11 is 12.4. The van der Waals surface area contributed by atoms with Crippen molar-refractivity contribution in [2.75, 3.05) is 14.2 Å². The Hall–Kier alpha value is -0.740. The molecule has 0 amide bonds. The predicted octanol–water partition coefficient (Wildman–Crippen LogP) is 4.76. The molecule has 23 heavy (non-hydrogen) atoms. The summed E-state index contributed by atoms with van der Waals surface area (Å²) in [7, 11) is 3.92. The summed E-state index contributed by atoms with van der Waals surface area (Å²) in [6.45, 7) is 2.17. The number of benzene rings is 1. The summed E-state index contributed by atoms with van der Waals surface area (Å²) in [6, 6.07) is 7.17. The van der Waals surface area contributed by atoms with Gasteiger partial charge in [-0.25, -0.2) is 0 Å². The van der Waals surface area contributed by atoms with Crippen LogP contribution >= 0.6 is 23.2 Å². The van der Waals surface area contributed by atoms with Gasteiger partial charge < -0.3 is 0 Å². The minimum absolute atomic E-state index is 0.371. The number of hydrogen-bond acceptors (Lipinski definition) is 3. The fourth-order valence-corrected chi connectivity index (χ4v) is 4.52. The van der Waals surface area contributed by atoms with Crippen LogP contribution in [-0.2, 0) is 4.84 Å². The molecular formula is C18H24Cl2N2O. The highest BCUT2D eigenvalue weighted by Crippen LogP contribution is 2.47. The number of nitrogens with zero attached hydrogens (tertiary/aromatic N) is 1. The fourth-order valence-electron chi connectivity index (χ4n) is 4.22. The molecular weight excluding hydrogens is 331 g/mol. The van der Waals surface area contributed by atoms with Gasteiger partial charge in [0.1, 0.15) is 0 Å². The zero-order valence-electron chi connectivity index (χ0n) is 13.9. The molecule has 2 bridgehead atoms. The van der Waals surface area contributed by atoms with Crippen molar-refractivity contribution in [3.05, 3.63) is 45.1 Å². The standard InChI is InChI=1S/C18H24Cl2N2O/c1-4-16(21-23-3)18-13(10-12-6-8-17(18)22(12)2)11-5-7-14(19)15(20)9-11/h5,7,9,12-13,17,21H,4,6,8,10H2,1-3H3/t12?,13-,17-/m0/s1. The minimum atomic E-state index is 0.371. The Morgan fingerprint density at radius 3 is 2.74 bits per heavy atom. The first-order valence-corrected chi connectivity index (χ1v) is 9.01. The van der Waals surface area contributed by atoms with E-state index in [0.29, 0.717) is 28.0 Å². The maximum atomic E-state index is 6.27. The Bertz CT molecular complexity index is 617. The molecule has 1 aromatic carbocycles. The molecule has 5 heteroatoms. The molecule has 3 atom stereocenters. The van der Waals surface area contributed by atoms with Crippen LogP contribution in [0.25, 0.3) is 0 Å². The first-order valence-electron chi connectivity index (χ1n) is 8.25. The van der Waals surface area contributed by atoms with E-state index in [2.05, 4.69) is 30.4 Å². The molecule has 3 nitrogen and oxygen atoms in total. The number of rotatable bonds is 4. The van der Waals surface area contributed by atoms with E-state index in [9.17, 15) is 0 Å². The van der Waals surface area contributed by atoms with Crippen molar-refractivity contribution >= 4 is 23.2 Å². The Balaban J connectivity index is 2.07. The third-order valence-electron chi connectivity index (χ3n) is 5.36. The molecule has 3 rings (SSSR count). The number of piperidine rings is 1. The second-order valence-corrected chi connectivity index (χ2v) is 7.28. The average Bonchev–Trinajstić information content (AvgIpc) is 2.78. The van der Waals surface area contributed by atoms with Crippen molar-refractivity contribution in [2.45, 2.75) is 50.6 Å². The lowest BCUT2D eigenvalue weighted by Crippen LogP contribution is -2.42. The summed E-state index contributed by atoms with van der Waals surface area (Å²) in [5, 5.41) is 1.25. The number of halogens is 2. The van der Waals surface area contributed by atoms with Crippen LogP contribution in [0.5, 0.6) is 0 Å². The highest BCUT2D eigenvalue weighted by atomic mass is 35.5. The molecule has 2 saturated heterocycles. The van der Waals surface area contributed by atoms with Crippen LogP contribution in [0.2, 0.25) is 10.0 Å². The topological polar surface area (TPSA) is 24.5 Å². The van der Waals surface area contributed by atoms with Crippen LogP contribution in [-0.4, -0.2) is 31.1 Å². The molecule has 2 heterocycles. The highest BCUT2D eigenvalue weighted by Gasteiger charge is 2.43. The van der Waals surface area contributed by atoms with Crippen LogP contribution in [0.3, 0.4) is 0 Å². The van der Waals surface area contributed by atoms with E-state index >= 15 is 0 Å². The van der Waals surface area contributed by atoms with Gasteiger partial charge in [-0.05, 0) is 56.0 Å². The van der Waals surface area contributed by atoms with Crippen LogP contribution in [0.4, 0.5) is 0 Å². The number of hydroxylamine groups is 1. The summed E-state index contributed by atoms with van der Waals surface area (Å²) in [4.78, 5) is 7.77. The van der Waals surface area contributed by atoms with E-state index in [-0.39, 0.29) is 0 Å². The number of allylic oxidation sites excluding steroid dienone is 1. The van der Waals surface area contributed by atoms with E-state index in [1.165, 1.54) is 29.7 Å². The summed E-state index contributed by atoms with van der Waals surface area (Å²) in [6.07, 6.45) is 4.51. The molecule has 0 aromatic heterocycles. The van der Waals surface area contributed by atoms with Gasteiger partial charge >= 0.3 is 0 Å². The van der Waals surface area contributed by atoms with E-state index < -0.39 is 0 Å². The van der Waals surface area contributed by atoms with E-state index in [4.69, 9.17) is 28.0 Å². The van der Waals surface area contributed by atoms with Gasteiger partial charge in [0, 0.05) is 23.7 Å². The Morgan fingerprint density at radius 2 is 2.09 bits per heavy atom. The Labute approximate surface area is 148 Å². The Morgan fingerprint density at radius 1 is 1.30 bits per heavy atom. The molecule has 0 radical (unpaired) electrons. The Kier molecular flexibility index (Phi) is 5.22. The summed E-state index contributed by atoms with van der Waals surface area (Å²) < 4.78 is 0. The zero-order valence-corrected chi connectivity index (χ0v) is 15.4. The molecule has 2 fully saturated rings. The third kappa shape index (κ3) is 3.12. The normalized spacial score (nSPS) is 29.7. The monoisotopic (exact) mass is 354 g/mol. The largest absolute Gasteiger partial charge is 0.297 e. The van der Waals surface area contributed by atoms with E-state index in [1.807, 2.05) is 12.1 Å². The van der Waals surface area contributed by atoms with Crippen molar-refractivity contribution in [1.29, 1.82) is 0 Å². The molecule has 1 unspecified atom stereocenters. The fraction of sp³-hybridized carbons (Fsp3) is 0.556. The van der Waals surface area contributed by atoms with Gasteiger partial charge in [-0.1, -0.05) is 36.2 Å². The maximum Gasteiger partial charge on any atom is 0.0636 e. The molecule has 2 aliphatic heterocycles. The lowest BCUT2D eigenvalue weighted by Gasteiger charge is -2.40. The first-order chi connectivity index (χ1) is 11.1. The van der Waals surface area contributed by atoms with Crippen molar-refractivity contribution in [1.82, 2.24) is 10.4 Å². The first kappa shape index (κ1) is 17.1. The van der Waals surface area contributed by atoms with E-state index in [0.717, 1.165) is 12.8 Å². The van der Waals surface area contributed by atoms with Gasteiger partial charge in [-0.2, -0.15) is 0 Å². The van der Waals surface area contributed by atoms with Crippen molar-refractivity contribution in [3.63, 3.8) is 0 Å². The van der Waals surface area contributed by atoms with Crippen LogP contribution in [0.15, 0.2) is 29.5 Å². The quantitative estimate of drug-likeness (QED) is 0.789. The molecule has 2 aliphatic rings. The lowest BCUT2D eigenvalue weighted by atomic mass is 9.79. The highest BCUT2D eigenvalue weighted by molar-refractivity contribution is 6.42. The number of hydrogen-bond donors (Lipinski definition) is 1. The third-order valence-corrected chi connectivity index (χ3v) is 6.10. The second kappa shape index (κ2) is 7.02. The number of fused-ring (bicyclic) bond motifs is 2. The van der Waals surface area contributed by atoms with Gasteiger partial charge in [0.15, 0.2) is 0 Å². The number of nitrogens with one attached hydrogen (secondary N) is 1. The zero-order chi connectivity index (χ0) is 16.6. The molecule has 126 valence electrons. The molecule has 0 spiro atoms. The SMILES string of the molecule is CCC(NOC)=C1[C@H](c2ccc(Cl)c(Cl)c2)CC2CC[C@@H]1N2C. The van der Waals surface area contributed by atoms with Crippen molar-refractivity contribution in [3.8, 4) is 0 Å². The number of likely N-dealkylation sites (N-methyl/N-ethyl adjacent to an activating group) is 1. The van der Waals surface area contributed by atoms with Gasteiger partial charge in [0.05, 0.1) is 17.2 Å². The van der Waals surface area contributed by atoms with E-state index in [1.54, 1.807) is 7.11 Å². The molecule has 0 aliphatic carbocycles. The van der Waals surface area contributed by atoms with Crippen LogP contribution in [0.1, 0.15) is 44.1 Å². The van der Waals surface area contributed by atoms with Gasteiger partial charge in [0.2, 0.25) is 0 Å². The lowest BCUT2D eigenvalue weighted by molar-refractivity contribution is 0.110. The van der Waals surface area contributed by atoms with Crippen molar-refractivity contribution in [2.24, 2.45) is 0 Å². The average molecular weight is 355 g/mol. The van der Waals surface area contributed by atoms with Crippen LogP contribution in [0, 0.1) is 0 Å². The molecule has 1 aromatic rings. The minimum Gasteiger partial charge on any atom is -0.297 e. The van der Waals surface area contributed by atoms with Gasteiger partial charge in [0.25, 0.3) is 0 Å².